The number of thiocarbonyl (C=S) groups is 1. The van der Waals surface area contributed by atoms with Crippen LogP contribution < -0.4 is 20.9 Å². The molecule has 0 atom stereocenters. The van der Waals surface area contributed by atoms with Crippen LogP contribution in [0.2, 0.25) is 0 Å². The number of hydrogen-bond acceptors (Lipinski definition) is 4. The molecule has 0 radical (unpaired) electrons. The molecule has 0 spiro atoms. The van der Waals surface area contributed by atoms with E-state index in [4.69, 9.17) is 12.2 Å². The first-order valence-electron chi connectivity index (χ1n) is 10.2. The van der Waals surface area contributed by atoms with E-state index < -0.39 is 5.91 Å². The SMILES string of the molecule is CCc1ccccc1N(CC)NC(=O)CC(=O)NN(C(C)=S)c1ccccc1CC. The summed E-state index contributed by atoms with van der Waals surface area (Å²) in [5, 5.41) is 3.33. The van der Waals surface area contributed by atoms with Crippen molar-refractivity contribution in [3.8, 4) is 0 Å². The molecule has 7 heteroatoms. The molecule has 2 amide bonds. The number of hydrogen-bond donors (Lipinski definition) is 2. The van der Waals surface area contributed by atoms with E-state index in [1.807, 2.05) is 62.4 Å². The minimum atomic E-state index is -0.428. The second-order valence-corrected chi connectivity index (χ2v) is 7.40. The highest BCUT2D eigenvalue weighted by Crippen LogP contribution is 2.21. The zero-order valence-electron chi connectivity index (χ0n) is 18.1. The zero-order valence-corrected chi connectivity index (χ0v) is 18.9. The maximum atomic E-state index is 12.6. The number of nitrogens with zero attached hydrogens (tertiary/aromatic N) is 2. The Morgan fingerprint density at radius 2 is 1.33 bits per heavy atom. The average Bonchev–Trinajstić information content (AvgIpc) is 2.75. The van der Waals surface area contributed by atoms with Gasteiger partial charge < -0.3 is 0 Å². The lowest BCUT2D eigenvalue weighted by Crippen LogP contribution is -2.48. The van der Waals surface area contributed by atoms with Crippen molar-refractivity contribution in [3.05, 3.63) is 59.7 Å². The summed E-state index contributed by atoms with van der Waals surface area (Å²) in [6.07, 6.45) is 1.34. The van der Waals surface area contributed by atoms with E-state index in [1.165, 1.54) is 0 Å². The number of benzene rings is 2. The molecule has 0 saturated heterocycles. The third-order valence-corrected chi connectivity index (χ3v) is 4.91. The fourth-order valence-electron chi connectivity index (χ4n) is 3.22. The third kappa shape index (κ3) is 6.03. The number of nitrogens with one attached hydrogen (secondary N) is 2. The fourth-order valence-corrected chi connectivity index (χ4v) is 3.36. The van der Waals surface area contributed by atoms with Crippen molar-refractivity contribution in [2.75, 3.05) is 16.6 Å². The first-order valence-corrected chi connectivity index (χ1v) is 10.6. The molecule has 0 heterocycles. The Morgan fingerprint density at radius 3 is 1.87 bits per heavy atom. The fraction of sp³-hybridized carbons (Fsp3) is 0.348. The minimum Gasteiger partial charge on any atom is -0.286 e. The molecular weight excluding hydrogens is 396 g/mol. The van der Waals surface area contributed by atoms with Crippen molar-refractivity contribution >= 4 is 40.4 Å². The van der Waals surface area contributed by atoms with Gasteiger partial charge in [-0.1, -0.05) is 62.5 Å². The van der Waals surface area contributed by atoms with Crippen molar-refractivity contribution < 1.29 is 9.59 Å². The van der Waals surface area contributed by atoms with Gasteiger partial charge in [0, 0.05) is 6.54 Å². The van der Waals surface area contributed by atoms with E-state index >= 15 is 0 Å². The van der Waals surface area contributed by atoms with Crippen LogP contribution in [0.5, 0.6) is 0 Å². The van der Waals surface area contributed by atoms with Gasteiger partial charge in [-0.15, -0.1) is 0 Å². The Kier molecular flexibility index (Phi) is 8.80. The lowest BCUT2D eigenvalue weighted by molar-refractivity contribution is -0.129. The van der Waals surface area contributed by atoms with E-state index in [-0.39, 0.29) is 12.3 Å². The average molecular weight is 427 g/mol. The maximum Gasteiger partial charge on any atom is 0.248 e. The second kappa shape index (κ2) is 11.3. The van der Waals surface area contributed by atoms with Crippen LogP contribution in [0.4, 0.5) is 11.4 Å². The van der Waals surface area contributed by atoms with Gasteiger partial charge in [0.25, 0.3) is 0 Å². The molecule has 2 N–H and O–H groups in total. The Hall–Kier alpha value is -2.93. The number of amides is 2. The molecule has 2 aromatic carbocycles. The molecule has 160 valence electrons. The molecule has 0 aliphatic carbocycles. The second-order valence-electron chi connectivity index (χ2n) is 6.81. The third-order valence-electron chi connectivity index (χ3n) is 4.73. The Labute approximate surface area is 184 Å². The van der Waals surface area contributed by atoms with Crippen molar-refractivity contribution in [3.63, 3.8) is 0 Å². The van der Waals surface area contributed by atoms with Crippen molar-refractivity contribution in [2.45, 2.75) is 47.0 Å². The minimum absolute atomic E-state index is 0.307. The molecular formula is C23H30N4O2S. The molecule has 0 bridgehead atoms. The predicted molar refractivity (Wildman–Crippen MR) is 126 cm³/mol. The Balaban J connectivity index is 2.06. The van der Waals surface area contributed by atoms with Crippen LogP contribution >= 0.6 is 12.2 Å². The van der Waals surface area contributed by atoms with Crippen LogP contribution in [0.25, 0.3) is 0 Å². The number of rotatable bonds is 8. The molecule has 0 aliphatic rings. The summed E-state index contributed by atoms with van der Waals surface area (Å²) >= 11 is 5.32. The standard InChI is InChI=1S/C23H30N4O2S/c1-5-18-12-8-10-14-20(18)26(7-3)24-22(28)16-23(29)25-27(17(4)30)21-15-11-9-13-19(21)6-2/h8-15H,5-7,16H2,1-4H3,(H,24,28)(H,25,29). The summed E-state index contributed by atoms with van der Waals surface area (Å²) in [5.74, 6) is -0.812. The number of carbonyl (C=O) groups excluding carboxylic acids is 2. The first kappa shape index (κ1) is 23.3. The van der Waals surface area contributed by atoms with Gasteiger partial charge in [-0.05, 0) is 49.9 Å². The topological polar surface area (TPSA) is 64.7 Å². The summed E-state index contributed by atoms with van der Waals surface area (Å²) < 4.78 is 0. The summed E-state index contributed by atoms with van der Waals surface area (Å²) in [6.45, 7) is 8.38. The van der Waals surface area contributed by atoms with Crippen LogP contribution in [-0.2, 0) is 22.4 Å². The van der Waals surface area contributed by atoms with Crippen molar-refractivity contribution in [1.29, 1.82) is 0 Å². The number of hydrazine groups is 2. The Bertz CT molecular complexity index is 900. The molecule has 30 heavy (non-hydrogen) atoms. The molecule has 0 aromatic heterocycles. The zero-order chi connectivity index (χ0) is 22.1. The normalized spacial score (nSPS) is 10.3. The number of anilines is 2. The van der Waals surface area contributed by atoms with Crippen LogP contribution in [0, 0.1) is 0 Å². The Morgan fingerprint density at radius 1 is 0.833 bits per heavy atom. The first-order chi connectivity index (χ1) is 14.4. The van der Waals surface area contributed by atoms with Gasteiger partial charge in [0.1, 0.15) is 6.42 Å². The van der Waals surface area contributed by atoms with Gasteiger partial charge in [-0.25, -0.2) is 5.01 Å². The maximum absolute atomic E-state index is 12.6. The molecule has 0 aliphatic heterocycles. The van der Waals surface area contributed by atoms with Gasteiger partial charge in [0.2, 0.25) is 11.8 Å². The number of aryl methyl sites for hydroxylation is 2. The molecule has 0 fully saturated rings. The highest BCUT2D eigenvalue weighted by atomic mass is 32.1. The van der Waals surface area contributed by atoms with Gasteiger partial charge in [0.15, 0.2) is 0 Å². The van der Waals surface area contributed by atoms with Gasteiger partial charge in [0.05, 0.1) is 16.4 Å². The van der Waals surface area contributed by atoms with E-state index in [0.29, 0.717) is 11.5 Å². The molecule has 0 unspecified atom stereocenters. The largest absolute Gasteiger partial charge is 0.286 e. The number of para-hydroxylation sites is 2. The van der Waals surface area contributed by atoms with Crippen LogP contribution in [0.1, 0.15) is 45.2 Å². The lowest BCUT2D eigenvalue weighted by atomic mass is 10.1. The van der Waals surface area contributed by atoms with E-state index in [9.17, 15) is 9.59 Å². The van der Waals surface area contributed by atoms with Crippen LogP contribution in [0.15, 0.2) is 48.5 Å². The van der Waals surface area contributed by atoms with Crippen molar-refractivity contribution in [2.24, 2.45) is 0 Å². The molecule has 0 saturated carbocycles. The number of carbonyl (C=O) groups is 2. The molecule has 2 aromatic rings. The van der Waals surface area contributed by atoms with Crippen LogP contribution in [0.3, 0.4) is 0 Å². The van der Waals surface area contributed by atoms with Gasteiger partial charge in [-0.3, -0.25) is 25.4 Å². The van der Waals surface area contributed by atoms with E-state index in [0.717, 1.165) is 35.3 Å². The van der Waals surface area contributed by atoms with Crippen LogP contribution in [-0.4, -0.2) is 23.3 Å². The monoisotopic (exact) mass is 426 g/mol. The highest BCUT2D eigenvalue weighted by Gasteiger charge is 2.19. The van der Waals surface area contributed by atoms with E-state index in [1.54, 1.807) is 16.9 Å². The highest BCUT2D eigenvalue weighted by molar-refractivity contribution is 7.80. The molecule has 2 rings (SSSR count). The lowest BCUT2D eigenvalue weighted by Gasteiger charge is -2.27. The van der Waals surface area contributed by atoms with Gasteiger partial charge in [-0.2, -0.15) is 0 Å². The van der Waals surface area contributed by atoms with E-state index in [2.05, 4.69) is 17.8 Å². The predicted octanol–water partition coefficient (Wildman–Crippen LogP) is 3.94. The smallest absolute Gasteiger partial charge is 0.248 e. The van der Waals surface area contributed by atoms with Crippen molar-refractivity contribution in [1.82, 2.24) is 10.9 Å². The molecule has 6 nitrogen and oxygen atoms in total. The quantitative estimate of drug-likeness (QED) is 0.380. The summed E-state index contributed by atoms with van der Waals surface area (Å²) in [4.78, 5) is 25.6. The van der Waals surface area contributed by atoms with Gasteiger partial charge >= 0.3 is 0 Å². The summed E-state index contributed by atoms with van der Waals surface area (Å²) in [5.41, 5.74) is 9.53. The summed E-state index contributed by atoms with van der Waals surface area (Å²) in [7, 11) is 0. The summed E-state index contributed by atoms with van der Waals surface area (Å²) in [6, 6.07) is 15.6.